The fraction of sp³-hybridized carbons (Fsp3) is 0.625. The monoisotopic (exact) mass is 339 g/mol. The van der Waals surface area contributed by atoms with Gasteiger partial charge in [-0.2, -0.15) is 0 Å². The fourth-order valence-corrected chi connectivity index (χ4v) is 4.02. The van der Waals surface area contributed by atoms with Crippen molar-refractivity contribution >= 4 is 15.9 Å². The number of halogens is 1. The standard InChI is InChI=1S/C16H26BrN3/c1-20(2)16(9-4-3-5-10-16)15(19-18)12-13-7-6-8-14(17)11-13/h6-8,11,15,19H,3-5,9-10,12,18H2,1-2H3. The molecular formula is C16H26BrN3. The summed E-state index contributed by atoms with van der Waals surface area (Å²) in [6.45, 7) is 0. The van der Waals surface area contributed by atoms with Crippen molar-refractivity contribution in [3.63, 3.8) is 0 Å². The zero-order valence-corrected chi connectivity index (χ0v) is 14.1. The number of rotatable bonds is 5. The van der Waals surface area contributed by atoms with Gasteiger partial charge >= 0.3 is 0 Å². The third kappa shape index (κ3) is 3.42. The van der Waals surface area contributed by atoms with Crippen molar-refractivity contribution in [3.8, 4) is 0 Å². The topological polar surface area (TPSA) is 41.3 Å². The van der Waals surface area contributed by atoms with Crippen LogP contribution < -0.4 is 11.3 Å². The lowest BCUT2D eigenvalue weighted by atomic mass is 9.73. The van der Waals surface area contributed by atoms with E-state index in [1.165, 1.54) is 37.7 Å². The third-order valence-electron chi connectivity index (χ3n) is 4.79. The highest BCUT2D eigenvalue weighted by Crippen LogP contribution is 2.36. The second kappa shape index (κ2) is 7.03. The maximum Gasteiger partial charge on any atom is 0.0434 e. The molecule has 3 nitrogen and oxygen atoms in total. The maximum atomic E-state index is 5.92. The molecule has 20 heavy (non-hydrogen) atoms. The predicted octanol–water partition coefficient (Wildman–Crippen LogP) is 3.09. The van der Waals surface area contributed by atoms with Crippen LogP contribution in [0.15, 0.2) is 28.7 Å². The summed E-state index contributed by atoms with van der Waals surface area (Å²) >= 11 is 3.55. The second-order valence-electron chi connectivity index (χ2n) is 6.11. The minimum absolute atomic E-state index is 0.176. The van der Waals surface area contributed by atoms with E-state index in [9.17, 15) is 0 Å². The van der Waals surface area contributed by atoms with Crippen LogP contribution in [0.2, 0.25) is 0 Å². The number of hydrogen-bond donors (Lipinski definition) is 2. The van der Waals surface area contributed by atoms with E-state index in [0.717, 1.165) is 10.9 Å². The Hall–Kier alpha value is -0.420. The van der Waals surface area contributed by atoms with E-state index in [0.29, 0.717) is 0 Å². The minimum atomic E-state index is 0.176. The molecule has 2 rings (SSSR count). The summed E-state index contributed by atoms with van der Waals surface area (Å²) in [6.07, 6.45) is 7.37. The van der Waals surface area contributed by atoms with Gasteiger partial charge < -0.3 is 4.90 Å². The molecule has 0 spiro atoms. The highest BCUT2D eigenvalue weighted by Gasteiger charge is 2.41. The molecule has 1 fully saturated rings. The minimum Gasteiger partial charge on any atom is -0.302 e. The van der Waals surface area contributed by atoms with Crippen molar-refractivity contribution in [2.75, 3.05) is 14.1 Å². The molecule has 4 heteroatoms. The molecule has 1 aliphatic rings. The van der Waals surface area contributed by atoms with Crippen molar-refractivity contribution in [2.45, 2.75) is 50.1 Å². The zero-order valence-electron chi connectivity index (χ0n) is 12.5. The summed E-state index contributed by atoms with van der Waals surface area (Å²) < 4.78 is 1.13. The molecule has 0 bridgehead atoms. The van der Waals surface area contributed by atoms with Crippen LogP contribution in [0.1, 0.15) is 37.7 Å². The molecule has 1 aliphatic carbocycles. The quantitative estimate of drug-likeness (QED) is 0.639. The first-order valence-corrected chi connectivity index (χ1v) is 8.26. The Morgan fingerprint density at radius 3 is 2.55 bits per heavy atom. The zero-order chi connectivity index (χ0) is 14.6. The first kappa shape index (κ1) is 16.0. The van der Waals surface area contributed by atoms with Crippen molar-refractivity contribution in [3.05, 3.63) is 34.3 Å². The molecule has 0 aromatic heterocycles. The average Bonchev–Trinajstić information content (AvgIpc) is 2.45. The Labute approximate surface area is 131 Å². The van der Waals surface area contributed by atoms with Gasteiger partial charge in [-0.3, -0.25) is 11.3 Å². The lowest BCUT2D eigenvalue weighted by Gasteiger charge is -2.48. The van der Waals surface area contributed by atoms with Gasteiger partial charge in [-0.05, 0) is 51.1 Å². The molecule has 1 saturated carbocycles. The molecule has 112 valence electrons. The van der Waals surface area contributed by atoms with Gasteiger partial charge in [0, 0.05) is 16.1 Å². The number of hydrogen-bond acceptors (Lipinski definition) is 3. The lowest BCUT2D eigenvalue weighted by Crippen LogP contribution is -2.62. The number of hydrazine groups is 1. The van der Waals surface area contributed by atoms with Gasteiger partial charge in [0.05, 0.1) is 0 Å². The SMILES string of the molecule is CN(C)C1(C(Cc2cccc(Br)c2)NN)CCCCC1. The molecule has 0 saturated heterocycles. The molecule has 1 aromatic rings. The number of nitrogens with two attached hydrogens (primary N) is 1. The summed E-state index contributed by atoms with van der Waals surface area (Å²) in [5.41, 5.74) is 4.61. The Balaban J connectivity index is 2.20. The van der Waals surface area contributed by atoms with E-state index in [2.05, 4.69) is 64.6 Å². The smallest absolute Gasteiger partial charge is 0.0434 e. The summed E-state index contributed by atoms with van der Waals surface area (Å²) in [7, 11) is 4.38. The van der Waals surface area contributed by atoms with E-state index >= 15 is 0 Å². The highest BCUT2D eigenvalue weighted by atomic mass is 79.9. The summed E-state index contributed by atoms with van der Waals surface area (Å²) in [5.74, 6) is 5.92. The summed E-state index contributed by atoms with van der Waals surface area (Å²) in [4.78, 5) is 2.38. The number of nitrogens with one attached hydrogen (secondary N) is 1. The normalized spacial score (nSPS) is 20.1. The van der Waals surface area contributed by atoms with Crippen LogP contribution in [0.25, 0.3) is 0 Å². The fourth-order valence-electron chi connectivity index (χ4n) is 3.58. The van der Waals surface area contributed by atoms with Gasteiger partial charge in [-0.1, -0.05) is 47.3 Å². The lowest BCUT2D eigenvalue weighted by molar-refractivity contribution is 0.0569. The van der Waals surface area contributed by atoms with Gasteiger partial charge in [0.25, 0.3) is 0 Å². The average molecular weight is 340 g/mol. The van der Waals surface area contributed by atoms with Crippen LogP contribution in [0.3, 0.4) is 0 Å². The second-order valence-corrected chi connectivity index (χ2v) is 7.03. The number of likely N-dealkylation sites (N-methyl/N-ethyl adjacent to an activating group) is 1. The van der Waals surface area contributed by atoms with Crippen LogP contribution in [0, 0.1) is 0 Å². The van der Waals surface area contributed by atoms with Gasteiger partial charge in [0.2, 0.25) is 0 Å². The van der Waals surface area contributed by atoms with Gasteiger partial charge in [0.1, 0.15) is 0 Å². The summed E-state index contributed by atoms with van der Waals surface area (Å²) in [6, 6.07) is 8.82. The Bertz CT molecular complexity index is 427. The van der Waals surface area contributed by atoms with Crippen LogP contribution in [-0.2, 0) is 6.42 Å². The van der Waals surface area contributed by atoms with E-state index in [1.807, 2.05) is 0 Å². The van der Waals surface area contributed by atoms with Crippen LogP contribution in [0.5, 0.6) is 0 Å². The molecule has 0 radical (unpaired) electrons. The van der Waals surface area contributed by atoms with Gasteiger partial charge in [-0.15, -0.1) is 0 Å². The van der Waals surface area contributed by atoms with Crippen molar-refractivity contribution in [1.82, 2.24) is 10.3 Å². The first-order chi connectivity index (χ1) is 9.58. The van der Waals surface area contributed by atoms with Gasteiger partial charge in [0.15, 0.2) is 0 Å². The molecule has 0 heterocycles. The van der Waals surface area contributed by atoms with Gasteiger partial charge in [-0.25, -0.2) is 0 Å². The third-order valence-corrected chi connectivity index (χ3v) is 5.28. The van der Waals surface area contributed by atoms with Crippen molar-refractivity contribution < 1.29 is 0 Å². The van der Waals surface area contributed by atoms with E-state index in [4.69, 9.17) is 5.84 Å². The predicted molar refractivity (Wildman–Crippen MR) is 88.5 cm³/mol. The molecule has 0 amide bonds. The molecule has 1 unspecified atom stereocenters. The van der Waals surface area contributed by atoms with Crippen molar-refractivity contribution in [2.24, 2.45) is 5.84 Å². The van der Waals surface area contributed by atoms with E-state index in [-0.39, 0.29) is 11.6 Å². The molecule has 1 aromatic carbocycles. The highest BCUT2D eigenvalue weighted by molar-refractivity contribution is 9.10. The summed E-state index contributed by atoms with van der Waals surface area (Å²) in [5, 5.41) is 0. The van der Waals surface area contributed by atoms with Crippen LogP contribution >= 0.6 is 15.9 Å². The molecule has 0 aliphatic heterocycles. The number of nitrogens with zero attached hydrogens (tertiary/aromatic N) is 1. The maximum absolute atomic E-state index is 5.92. The molecule has 1 atom stereocenters. The van der Waals surface area contributed by atoms with E-state index < -0.39 is 0 Å². The Morgan fingerprint density at radius 2 is 2.00 bits per heavy atom. The van der Waals surface area contributed by atoms with Crippen molar-refractivity contribution in [1.29, 1.82) is 0 Å². The molecule has 3 N–H and O–H groups in total. The van der Waals surface area contributed by atoms with Crippen LogP contribution in [-0.4, -0.2) is 30.6 Å². The van der Waals surface area contributed by atoms with Crippen LogP contribution in [0.4, 0.5) is 0 Å². The Kier molecular flexibility index (Phi) is 5.61. The first-order valence-electron chi connectivity index (χ1n) is 7.46. The molecular weight excluding hydrogens is 314 g/mol. The number of benzene rings is 1. The van der Waals surface area contributed by atoms with E-state index in [1.54, 1.807) is 0 Å². The largest absolute Gasteiger partial charge is 0.302 e. The Morgan fingerprint density at radius 1 is 1.30 bits per heavy atom.